The Labute approximate surface area is 142 Å². The molecule has 0 saturated heterocycles. The summed E-state index contributed by atoms with van der Waals surface area (Å²) in [6.07, 6.45) is 14.5. The molecule has 0 amide bonds. The van der Waals surface area contributed by atoms with Crippen LogP contribution in [-0.4, -0.2) is 45.4 Å². The molecule has 0 atom stereocenters. The van der Waals surface area contributed by atoms with Crippen LogP contribution in [0.25, 0.3) is 0 Å². The number of nitrogens with one attached hydrogen (secondary N) is 2. The monoisotopic (exact) mass is 346 g/mol. The minimum atomic E-state index is -3.24. The maximum absolute atomic E-state index is 11.1. The van der Waals surface area contributed by atoms with Crippen LogP contribution in [0.5, 0.6) is 0 Å². The van der Waals surface area contributed by atoms with Crippen molar-refractivity contribution in [2.45, 2.75) is 71.1 Å². The summed E-state index contributed by atoms with van der Waals surface area (Å²) in [5.41, 5.74) is 0. The van der Waals surface area contributed by atoms with Crippen LogP contribution in [0, 0.1) is 0 Å². The number of hydrogen-bond donors (Lipinski definition) is 2. The zero-order valence-corrected chi connectivity index (χ0v) is 15.6. The summed E-state index contributed by atoms with van der Waals surface area (Å²) in [6, 6.07) is 0. The SMILES string of the molecule is CCCCCCCCCCCCN1CN=C(NS(C)(=O)=O)NC1. The molecular formula is C16H34N4O2S. The van der Waals surface area contributed by atoms with Crippen molar-refractivity contribution in [2.24, 2.45) is 4.99 Å². The third-order valence-corrected chi connectivity index (χ3v) is 4.57. The first kappa shape index (κ1) is 20.2. The van der Waals surface area contributed by atoms with Gasteiger partial charge in [-0.1, -0.05) is 64.7 Å². The molecule has 0 aromatic rings. The lowest BCUT2D eigenvalue weighted by Gasteiger charge is -2.26. The molecule has 0 aromatic carbocycles. The van der Waals surface area contributed by atoms with Crippen molar-refractivity contribution in [1.29, 1.82) is 0 Å². The Morgan fingerprint density at radius 2 is 1.61 bits per heavy atom. The zero-order chi connectivity index (χ0) is 17.0. The van der Waals surface area contributed by atoms with E-state index in [0.29, 0.717) is 19.3 Å². The molecule has 6 nitrogen and oxygen atoms in total. The van der Waals surface area contributed by atoms with E-state index in [9.17, 15) is 8.42 Å². The van der Waals surface area contributed by atoms with Gasteiger partial charge in [-0.05, 0) is 6.42 Å². The van der Waals surface area contributed by atoms with Gasteiger partial charge in [-0.15, -0.1) is 0 Å². The van der Waals surface area contributed by atoms with Gasteiger partial charge in [0.2, 0.25) is 16.0 Å². The molecular weight excluding hydrogens is 312 g/mol. The van der Waals surface area contributed by atoms with Gasteiger partial charge >= 0.3 is 0 Å². The first-order valence-corrected chi connectivity index (χ1v) is 10.9. The largest absolute Gasteiger partial charge is 0.343 e. The van der Waals surface area contributed by atoms with Crippen molar-refractivity contribution in [3.8, 4) is 0 Å². The molecule has 1 rings (SSSR count). The van der Waals surface area contributed by atoms with Crippen LogP contribution >= 0.6 is 0 Å². The Balaban J connectivity index is 1.95. The molecule has 7 heteroatoms. The van der Waals surface area contributed by atoms with Crippen molar-refractivity contribution in [3.63, 3.8) is 0 Å². The normalized spacial score (nSPS) is 16.0. The average Bonchev–Trinajstić information content (AvgIpc) is 2.49. The lowest BCUT2D eigenvalue weighted by Crippen LogP contribution is -2.50. The van der Waals surface area contributed by atoms with Gasteiger partial charge in [0.25, 0.3) is 0 Å². The fourth-order valence-corrected chi connectivity index (χ4v) is 3.17. The molecule has 0 saturated carbocycles. The van der Waals surface area contributed by atoms with Crippen molar-refractivity contribution < 1.29 is 8.42 Å². The molecule has 1 aliphatic rings. The highest BCUT2D eigenvalue weighted by Crippen LogP contribution is 2.10. The minimum absolute atomic E-state index is 0.354. The Bertz CT molecular complexity index is 437. The highest BCUT2D eigenvalue weighted by atomic mass is 32.2. The molecule has 136 valence electrons. The second kappa shape index (κ2) is 11.7. The summed E-state index contributed by atoms with van der Waals surface area (Å²) in [5, 5.41) is 3.00. The zero-order valence-electron chi connectivity index (χ0n) is 14.8. The molecule has 0 aliphatic carbocycles. The summed E-state index contributed by atoms with van der Waals surface area (Å²) in [5.74, 6) is 0.354. The van der Waals surface area contributed by atoms with E-state index < -0.39 is 10.0 Å². The molecule has 0 fully saturated rings. The van der Waals surface area contributed by atoms with Crippen LogP contribution < -0.4 is 10.0 Å². The van der Waals surface area contributed by atoms with Crippen LogP contribution in [0.1, 0.15) is 71.1 Å². The van der Waals surface area contributed by atoms with Crippen molar-refractivity contribution in [3.05, 3.63) is 0 Å². The minimum Gasteiger partial charge on any atom is -0.343 e. The standard InChI is InChI=1S/C16H34N4O2S/c1-3-4-5-6-7-8-9-10-11-12-13-20-14-17-16(18-15-20)19-23(2,21)22/h3-15H2,1-2H3,(H2,17,18,19). The molecule has 0 bridgehead atoms. The van der Waals surface area contributed by atoms with Gasteiger partial charge in [-0.2, -0.15) is 0 Å². The Morgan fingerprint density at radius 3 is 2.09 bits per heavy atom. The molecule has 0 radical (unpaired) electrons. The number of hydrogen-bond acceptors (Lipinski definition) is 5. The number of aliphatic imine (C=N–C) groups is 1. The van der Waals surface area contributed by atoms with Gasteiger partial charge in [-0.3, -0.25) is 9.62 Å². The van der Waals surface area contributed by atoms with Gasteiger partial charge in [0.15, 0.2) is 0 Å². The highest BCUT2D eigenvalue weighted by Gasteiger charge is 2.13. The van der Waals surface area contributed by atoms with Crippen LogP contribution in [-0.2, 0) is 10.0 Å². The van der Waals surface area contributed by atoms with Crippen LogP contribution in [0.15, 0.2) is 4.99 Å². The van der Waals surface area contributed by atoms with Crippen LogP contribution in [0.4, 0.5) is 0 Å². The maximum Gasteiger partial charge on any atom is 0.232 e. The first-order valence-electron chi connectivity index (χ1n) is 8.99. The predicted molar refractivity (Wildman–Crippen MR) is 96.8 cm³/mol. The number of rotatable bonds is 12. The fraction of sp³-hybridized carbons (Fsp3) is 0.938. The molecule has 1 aliphatic heterocycles. The van der Waals surface area contributed by atoms with E-state index in [-0.39, 0.29) is 0 Å². The quantitative estimate of drug-likeness (QED) is 0.533. The van der Waals surface area contributed by atoms with E-state index >= 15 is 0 Å². The first-order chi connectivity index (χ1) is 11.0. The summed E-state index contributed by atoms with van der Waals surface area (Å²) in [6.45, 7) is 4.48. The van der Waals surface area contributed by atoms with Crippen LogP contribution in [0.3, 0.4) is 0 Å². The van der Waals surface area contributed by atoms with E-state index in [1.165, 1.54) is 64.2 Å². The van der Waals surface area contributed by atoms with Crippen molar-refractivity contribution >= 4 is 16.0 Å². The highest BCUT2D eigenvalue weighted by molar-refractivity contribution is 7.89. The molecule has 23 heavy (non-hydrogen) atoms. The van der Waals surface area contributed by atoms with Gasteiger partial charge in [0, 0.05) is 6.54 Å². The van der Waals surface area contributed by atoms with E-state index in [4.69, 9.17) is 0 Å². The molecule has 0 aromatic heterocycles. The maximum atomic E-state index is 11.1. The van der Waals surface area contributed by atoms with E-state index in [0.717, 1.165) is 12.8 Å². The van der Waals surface area contributed by atoms with Crippen LogP contribution in [0.2, 0.25) is 0 Å². The topological polar surface area (TPSA) is 73.8 Å². The van der Waals surface area contributed by atoms with E-state index in [1.807, 2.05) is 0 Å². The van der Waals surface area contributed by atoms with E-state index in [1.54, 1.807) is 0 Å². The summed E-state index contributed by atoms with van der Waals surface area (Å²) in [7, 11) is -3.24. The molecule has 0 spiro atoms. The lowest BCUT2D eigenvalue weighted by atomic mass is 10.1. The van der Waals surface area contributed by atoms with E-state index in [2.05, 4.69) is 26.9 Å². The summed E-state index contributed by atoms with van der Waals surface area (Å²) in [4.78, 5) is 6.39. The van der Waals surface area contributed by atoms with Gasteiger partial charge in [0.05, 0.1) is 19.6 Å². The molecule has 2 N–H and O–H groups in total. The van der Waals surface area contributed by atoms with Gasteiger partial charge in [-0.25, -0.2) is 13.4 Å². The second-order valence-corrected chi connectivity index (χ2v) is 8.18. The summed E-state index contributed by atoms with van der Waals surface area (Å²) >= 11 is 0. The third-order valence-electron chi connectivity index (χ3n) is 4.01. The molecule has 1 heterocycles. The average molecular weight is 347 g/mol. The smallest absolute Gasteiger partial charge is 0.232 e. The van der Waals surface area contributed by atoms with Gasteiger partial charge < -0.3 is 5.32 Å². The number of nitrogens with zero attached hydrogens (tertiary/aromatic N) is 2. The second-order valence-electron chi connectivity index (χ2n) is 6.43. The Kier molecular flexibility index (Phi) is 10.3. The number of guanidine groups is 1. The van der Waals surface area contributed by atoms with Crippen molar-refractivity contribution in [1.82, 2.24) is 14.9 Å². The number of unbranched alkanes of at least 4 members (excludes halogenated alkanes) is 9. The summed E-state index contributed by atoms with van der Waals surface area (Å²) < 4.78 is 24.6. The third kappa shape index (κ3) is 11.4. The van der Waals surface area contributed by atoms with Crippen molar-refractivity contribution in [2.75, 3.05) is 26.1 Å². The molecule has 0 unspecified atom stereocenters. The fourth-order valence-electron chi connectivity index (χ4n) is 2.68. The Morgan fingerprint density at radius 1 is 1.04 bits per heavy atom. The predicted octanol–water partition coefficient (Wildman–Crippen LogP) is 2.63. The van der Waals surface area contributed by atoms with Gasteiger partial charge in [0.1, 0.15) is 0 Å². The number of sulfonamides is 1. The lowest BCUT2D eigenvalue weighted by molar-refractivity contribution is 0.257. The Hall–Kier alpha value is -0.820.